The van der Waals surface area contributed by atoms with Crippen molar-refractivity contribution >= 4 is 11.9 Å². The van der Waals surface area contributed by atoms with Gasteiger partial charge in [0, 0.05) is 25.4 Å². The monoisotopic (exact) mass is 281 g/mol. The molecular formula is C13H19N3O4. The van der Waals surface area contributed by atoms with Crippen molar-refractivity contribution < 1.29 is 19.0 Å². The number of nitrogens with zero attached hydrogens (tertiary/aromatic N) is 3. The quantitative estimate of drug-likeness (QED) is 0.733. The van der Waals surface area contributed by atoms with Gasteiger partial charge in [-0.05, 0) is 6.92 Å². The van der Waals surface area contributed by atoms with Crippen LogP contribution in [0.25, 0.3) is 0 Å². The Hall–Kier alpha value is -1.89. The van der Waals surface area contributed by atoms with Crippen molar-refractivity contribution in [1.82, 2.24) is 9.97 Å². The molecule has 0 N–H and O–H groups in total. The zero-order valence-corrected chi connectivity index (χ0v) is 11.7. The molecule has 1 fully saturated rings. The highest BCUT2D eigenvalue weighted by Crippen LogP contribution is 2.17. The van der Waals surface area contributed by atoms with Crippen LogP contribution in [0.4, 0.5) is 5.95 Å². The first kappa shape index (κ1) is 14.5. The number of morpholine rings is 1. The number of rotatable bonds is 5. The molecule has 1 saturated heterocycles. The third kappa shape index (κ3) is 3.80. The zero-order chi connectivity index (χ0) is 14.4. The SMILES string of the molecule is CCOc1ccnc(N2CCOC(CC(=O)OC)C2)n1. The average Bonchev–Trinajstić information content (AvgIpc) is 2.48. The molecule has 0 radical (unpaired) electrons. The Morgan fingerprint density at radius 2 is 2.45 bits per heavy atom. The summed E-state index contributed by atoms with van der Waals surface area (Å²) in [6.07, 6.45) is 1.70. The minimum Gasteiger partial charge on any atom is -0.478 e. The predicted octanol–water partition coefficient (Wildman–Crippen LogP) is 0.644. The maximum absolute atomic E-state index is 11.3. The van der Waals surface area contributed by atoms with Crippen LogP contribution in [0.2, 0.25) is 0 Å². The third-order valence-corrected chi connectivity index (χ3v) is 2.95. The number of carbonyl (C=O) groups is 1. The van der Waals surface area contributed by atoms with Crippen LogP contribution < -0.4 is 9.64 Å². The summed E-state index contributed by atoms with van der Waals surface area (Å²) in [6.45, 7) is 4.25. The number of esters is 1. The number of carbonyl (C=O) groups excluding carboxylic acids is 1. The van der Waals surface area contributed by atoms with Gasteiger partial charge in [0.1, 0.15) is 0 Å². The topological polar surface area (TPSA) is 73.8 Å². The lowest BCUT2D eigenvalue weighted by molar-refractivity contribution is -0.144. The Bertz CT molecular complexity index is 455. The maximum atomic E-state index is 11.3. The van der Waals surface area contributed by atoms with Gasteiger partial charge < -0.3 is 19.1 Å². The summed E-state index contributed by atoms with van der Waals surface area (Å²) < 4.78 is 15.6. The highest BCUT2D eigenvalue weighted by atomic mass is 16.5. The van der Waals surface area contributed by atoms with E-state index in [4.69, 9.17) is 9.47 Å². The lowest BCUT2D eigenvalue weighted by Crippen LogP contribution is -2.44. The Balaban J connectivity index is 2.01. The van der Waals surface area contributed by atoms with Crippen LogP contribution >= 0.6 is 0 Å². The second kappa shape index (κ2) is 7.04. The molecule has 7 heteroatoms. The van der Waals surface area contributed by atoms with Gasteiger partial charge in [-0.15, -0.1) is 0 Å². The van der Waals surface area contributed by atoms with E-state index in [0.29, 0.717) is 38.1 Å². The summed E-state index contributed by atoms with van der Waals surface area (Å²) in [5.41, 5.74) is 0. The fourth-order valence-electron chi connectivity index (χ4n) is 2.01. The van der Waals surface area contributed by atoms with Gasteiger partial charge in [-0.2, -0.15) is 4.98 Å². The van der Waals surface area contributed by atoms with E-state index >= 15 is 0 Å². The molecule has 1 aliphatic heterocycles. The number of anilines is 1. The molecule has 1 aromatic heterocycles. The van der Waals surface area contributed by atoms with Gasteiger partial charge in [-0.1, -0.05) is 0 Å². The standard InChI is InChI=1S/C13H19N3O4/c1-3-19-11-4-5-14-13(15-11)16-6-7-20-10(9-16)8-12(17)18-2/h4-5,10H,3,6-9H2,1-2H3. The van der Waals surface area contributed by atoms with E-state index in [1.54, 1.807) is 12.3 Å². The Kier molecular flexibility index (Phi) is 5.11. The maximum Gasteiger partial charge on any atom is 0.308 e. The van der Waals surface area contributed by atoms with E-state index in [1.807, 2.05) is 11.8 Å². The molecule has 0 aliphatic carbocycles. The van der Waals surface area contributed by atoms with E-state index < -0.39 is 0 Å². The fourth-order valence-corrected chi connectivity index (χ4v) is 2.01. The summed E-state index contributed by atoms with van der Waals surface area (Å²) in [4.78, 5) is 21.9. The Labute approximate surface area is 117 Å². The molecule has 0 spiro atoms. The van der Waals surface area contributed by atoms with Gasteiger partial charge in [0.15, 0.2) is 0 Å². The number of hydrogen-bond acceptors (Lipinski definition) is 7. The Morgan fingerprint density at radius 1 is 1.60 bits per heavy atom. The number of methoxy groups -OCH3 is 1. The molecule has 20 heavy (non-hydrogen) atoms. The summed E-state index contributed by atoms with van der Waals surface area (Å²) in [6, 6.07) is 1.72. The van der Waals surface area contributed by atoms with Gasteiger partial charge in [-0.3, -0.25) is 4.79 Å². The molecule has 2 rings (SSSR count). The second-order valence-electron chi connectivity index (χ2n) is 4.35. The fraction of sp³-hybridized carbons (Fsp3) is 0.615. The van der Waals surface area contributed by atoms with Crippen LogP contribution in [0.5, 0.6) is 5.88 Å². The number of hydrogen-bond donors (Lipinski definition) is 0. The molecule has 0 aromatic carbocycles. The number of ether oxygens (including phenoxy) is 3. The van der Waals surface area contributed by atoms with E-state index in [-0.39, 0.29) is 18.5 Å². The van der Waals surface area contributed by atoms with E-state index in [2.05, 4.69) is 14.7 Å². The minimum atomic E-state index is -0.277. The predicted molar refractivity (Wildman–Crippen MR) is 71.8 cm³/mol. The van der Waals surface area contributed by atoms with Crippen LogP contribution in [0, 0.1) is 0 Å². The van der Waals surface area contributed by atoms with E-state index in [0.717, 1.165) is 0 Å². The first-order valence-corrected chi connectivity index (χ1v) is 6.62. The van der Waals surface area contributed by atoms with Crippen molar-refractivity contribution in [2.45, 2.75) is 19.4 Å². The first-order valence-electron chi connectivity index (χ1n) is 6.62. The molecule has 0 bridgehead atoms. The molecule has 1 atom stereocenters. The molecule has 1 unspecified atom stereocenters. The summed E-state index contributed by atoms with van der Waals surface area (Å²) in [5, 5.41) is 0. The Morgan fingerprint density at radius 3 is 3.20 bits per heavy atom. The molecule has 2 heterocycles. The molecule has 7 nitrogen and oxygen atoms in total. The van der Waals surface area contributed by atoms with Crippen molar-refractivity contribution in [1.29, 1.82) is 0 Å². The normalized spacial score (nSPS) is 18.7. The van der Waals surface area contributed by atoms with Crippen molar-refractivity contribution in [2.75, 3.05) is 38.3 Å². The largest absolute Gasteiger partial charge is 0.478 e. The van der Waals surface area contributed by atoms with Crippen molar-refractivity contribution in [3.8, 4) is 5.88 Å². The lowest BCUT2D eigenvalue weighted by Gasteiger charge is -2.32. The molecule has 110 valence electrons. The van der Waals surface area contributed by atoms with Crippen molar-refractivity contribution in [3.63, 3.8) is 0 Å². The highest BCUT2D eigenvalue weighted by Gasteiger charge is 2.25. The van der Waals surface area contributed by atoms with Crippen molar-refractivity contribution in [3.05, 3.63) is 12.3 Å². The third-order valence-electron chi connectivity index (χ3n) is 2.95. The average molecular weight is 281 g/mol. The zero-order valence-electron chi connectivity index (χ0n) is 11.7. The molecule has 0 amide bonds. The smallest absolute Gasteiger partial charge is 0.308 e. The van der Waals surface area contributed by atoms with E-state index in [1.165, 1.54) is 7.11 Å². The van der Waals surface area contributed by atoms with Crippen LogP contribution in [-0.2, 0) is 14.3 Å². The van der Waals surface area contributed by atoms with Crippen LogP contribution in [-0.4, -0.2) is 55.5 Å². The van der Waals surface area contributed by atoms with Gasteiger partial charge >= 0.3 is 5.97 Å². The van der Waals surface area contributed by atoms with Gasteiger partial charge in [-0.25, -0.2) is 4.98 Å². The minimum absolute atomic E-state index is 0.199. The first-order chi connectivity index (χ1) is 9.72. The molecule has 1 aliphatic rings. The van der Waals surface area contributed by atoms with Crippen molar-refractivity contribution in [2.24, 2.45) is 0 Å². The molecule has 1 aromatic rings. The van der Waals surface area contributed by atoms with E-state index in [9.17, 15) is 4.79 Å². The highest BCUT2D eigenvalue weighted by molar-refractivity contribution is 5.69. The van der Waals surface area contributed by atoms with Gasteiger partial charge in [0.2, 0.25) is 11.8 Å². The summed E-state index contributed by atoms with van der Waals surface area (Å²) >= 11 is 0. The van der Waals surface area contributed by atoms with Gasteiger partial charge in [0.25, 0.3) is 0 Å². The van der Waals surface area contributed by atoms with Crippen LogP contribution in [0.3, 0.4) is 0 Å². The van der Waals surface area contributed by atoms with Crippen LogP contribution in [0.1, 0.15) is 13.3 Å². The summed E-state index contributed by atoms with van der Waals surface area (Å²) in [7, 11) is 1.37. The number of aromatic nitrogens is 2. The second-order valence-corrected chi connectivity index (χ2v) is 4.35. The lowest BCUT2D eigenvalue weighted by atomic mass is 10.2. The molecule has 0 saturated carbocycles. The summed E-state index contributed by atoms with van der Waals surface area (Å²) in [5.74, 6) is 0.864. The van der Waals surface area contributed by atoms with Gasteiger partial charge in [0.05, 0.1) is 32.8 Å². The molecular weight excluding hydrogens is 262 g/mol. The van der Waals surface area contributed by atoms with Crippen LogP contribution in [0.15, 0.2) is 12.3 Å².